The van der Waals surface area contributed by atoms with Gasteiger partial charge in [-0.05, 0) is 25.5 Å². The molecule has 0 aliphatic carbocycles. The fourth-order valence-corrected chi connectivity index (χ4v) is 1.46. The van der Waals surface area contributed by atoms with E-state index in [-0.39, 0.29) is 0 Å². The first-order chi connectivity index (χ1) is 6.70. The largest absolute Gasteiger partial charge is 0.398 e. The molecular formula is C11H13N3. The third kappa shape index (κ3) is 1.27. The smallest absolute Gasteiger partial charge is 0.0973 e. The number of aromatic amines is 1. The lowest BCUT2D eigenvalue weighted by atomic mass is 10.1. The minimum atomic E-state index is 0.766. The number of anilines is 1. The minimum absolute atomic E-state index is 0.766. The normalized spacial score (nSPS) is 10.4. The first-order valence-electron chi connectivity index (χ1n) is 4.56. The summed E-state index contributed by atoms with van der Waals surface area (Å²) < 4.78 is 0. The van der Waals surface area contributed by atoms with Gasteiger partial charge >= 0.3 is 0 Å². The number of benzene rings is 1. The first-order valence-corrected chi connectivity index (χ1v) is 4.56. The van der Waals surface area contributed by atoms with Crippen molar-refractivity contribution in [2.45, 2.75) is 13.8 Å². The van der Waals surface area contributed by atoms with Crippen LogP contribution in [0.2, 0.25) is 0 Å². The maximum absolute atomic E-state index is 5.88. The Bertz CT molecular complexity index is 457. The van der Waals surface area contributed by atoms with Gasteiger partial charge in [0.15, 0.2) is 0 Å². The summed E-state index contributed by atoms with van der Waals surface area (Å²) >= 11 is 0. The number of aromatic nitrogens is 2. The van der Waals surface area contributed by atoms with E-state index < -0.39 is 0 Å². The molecule has 0 aliphatic rings. The van der Waals surface area contributed by atoms with Gasteiger partial charge in [0.05, 0.1) is 5.69 Å². The summed E-state index contributed by atoms with van der Waals surface area (Å²) in [4.78, 5) is 0. The molecule has 0 saturated carbocycles. The van der Waals surface area contributed by atoms with Crippen molar-refractivity contribution < 1.29 is 0 Å². The van der Waals surface area contributed by atoms with Gasteiger partial charge in [0, 0.05) is 16.9 Å². The molecule has 0 radical (unpaired) electrons. The number of nitrogens with two attached hydrogens (primary N) is 1. The van der Waals surface area contributed by atoms with Crippen LogP contribution in [0.5, 0.6) is 0 Å². The summed E-state index contributed by atoms with van der Waals surface area (Å²) in [5, 5.41) is 7.20. The van der Waals surface area contributed by atoms with Gasteiger partial charge in [0.1, 0.15) is 0 Å². The Kier molecular flexibility index (Phi) is 2.00. The van der Waals surface area contributed by atoms with Crippen LogP contribution in [0.1, 0.15) is 11.3 Å². The van der Waals surface area contributed by atoms with E-state index in [2.05, 4.69) is 10.2 Å². The van der Waals surface area contributed by atoms with Crippen LogP contribution in [-0.4, -0.2) is 10.2 Å². The van der Waals surface area contributed by atoms with Crippen LogP contribution in [0.4, 0.5) is 5.69 Å². The van der Waals surface area contributed by atoms with Crippen molar-refractivity contribution in [3.8, 4) is 11.3 Å². The van der Waals surface area contributed by atoms with E-state index in [0.717, 1.165) is 28.2 Å². The number of hydrogen-bond acceptors (Lipinski definition) is 2. The standard InChI is InChI=1S/C11H13N3/c1-7-8(2)13-14-11(7)9-5-3-4-6-10(9)12/h3-6H,12H2,1-2H3,(H,13,14). The number of hydrogen-bond donors (Lipinski definition) is 2. The Hall–Kier alpha value is -1.77. The molecule has 72 valence electrons. The van der Waals surface area contributed by atoms with Gasteiger partial charge in [0.25, 0.3) is 0 Å². The lowest BCUT2D eigenvalue weighted by molar-refractivity contribution is 1.05. The zero-order valence-electron chi connectivity index (χ0n) is 8.33. The highest BCUT2D eigenvalue weighted by molar-refractivity contribution is 5.75. The molecule has 3 heteroatoms. The van der Waals surface area contributed by atoms with Gasteiger partial charge in [0.2, 0.25) is 0 Å². The third-order valence-corrected chi connectivity index (χ3v) is 2.47. The second-order valence-electron chi connectivity index (χ2n) is 3.41. The predicted molar refractivity (Wildman–Crippen MR) is 57.9 cm³/mol. The molecule has 0 spiro atoms. The quantitative estimate of drug-likeness (QED) is 0.673. The number of para-hydroxylation sites is 1. The van der Waals surface area contributed by atoms with Gasteiger partial charge in [-0.25, -0.2) is 0 Å². The number of H-pyrrole nitrogens is 1. The Morgan fingerprint density at radius 3 is 2.50 bits per heavy atom. The lowest BCUT2D eigenvalue weighted by Gasteiger charge is -2.02. The summed E-state index contributed by atoms with van der Waals surface area (Å²) in [5.41, 5.74) is 10.8. The fraction of sp³-hybridized carbons (Fsp3) is 0.182. The molecule has 1 aromatic carbocycles. The zero-order chi connectivity index (χ0) is 10.1. The van der Waals surface area contributed by atoms with Gasteiger partial charge in [-0.3, -0.25) is 5.10 Å². The minimum Gasteiger partial charge on any atom is -0.398 e. The van der Waals surface area contributed by atoms with Gasteiger partial charge in [-0.2, -0.15) is 5.10 Å². The molecule has 2 aromatic rings. The van der Waals surface area contributed by atoms with Crippen LogP contribution >= 0.6 is 0 Å². The number of aryl methyl sites for hydroxylation is 1. The van der Waals surface area contributed by atoms with E-state index in [0.29, 0.717) is 0 Å². The van der Waals surface area contributed by atoms with Crippen LogP contribution in [0.3, 0.4) is 0 Å². The van der Waals surface area contributed by atoms with E-state index in [1.165, 1.54) is 0 Å². The van der Waals surface area contributed by atoms with Crippen molar-refractivity contribution in [2.75, 3.05) is 5.73 Å². The van der Waals surface area contributed by atoms with E-state index in [1.807, 2.05) is 38.1 Å². The van der Waals surface area contributed by atoms with E-state index in [4.69, 9.17) is 5.73 Å². The highest BCUT2D eigenvalue weighted by Crippen LogP contribution is 2.27. The third-order valence-electron chi connectivity index (χ3n) is 2.47. The van der Waals surface area contributed by atoms with Gasteiger partial charge in [-0.1, -0.05) is 18.2 Å². The number of nitrogen functional groups attached to an aromatic ring is 1. The molecule has 0 fully saturated rings. The van der Waals surface area contributed by atoms with Crippen molar-refractivity contribution in [1.82, 2.24) is 10.2 Å². The second kappa shape index (κ2) is 3.18. The average molecular weight is 187 g/mol. The molecule has 1 heterocycles. The molecule has 0 amide bonds. The molecular weight excluding hydrogens is 174 g/mol. The maximum Gasteiger partial charge on any atom is 0.0973 e. The van der Waals surface area contributed by atoms with Crippen LogP contribution in [0.25, 0.3) is 11.3 Å². The molecule has 3 N–H and O–H groups in total. The topological polar surface area (TPSA) is 54.7 Å². The molecule has 0 bridgehead atoms. The maximum atomic E-state index is 5.88. The monoisotopic (exact) mass is 187 g/mol. The van der Waals surface area contributed by atoms with E-state index in [1.54, 1.807) is 0 Å². The Balaban J connectivity index is 2.60. The van der Waals surface area contributed by atoms with Crippen LogP contribution in [0.15, 0.2) is 24.3 Å². The van der Waals surface area contributed by atoms with Crippen LogP contribution in [0, 0.1) is 13.8 Å². The Morgan fingerprint density at radius 2 is 1.93 bits per heavy atom. The summed E-state index contributed by atoms with van der Waals surface area (Å²) in [6.45, 7) is 4.05. The zero-order valence-corrected chi connectivity index (χ0v) is 8.33. The summed E-state index contributed by atoms with van der Waals surface area (Å²) in [5.74, 6) is 0. The Labute approximate surface area is 83.0 Å². The second-order valence-corrected chi connectivity index (χ2v) is 3.41. The summed E-state index contributed by atoms with van der Waals surface area (Å²) in [6, 6.07) is 7.76. The highest BCUT2D eigenvalue weighted by atomic mass is 15.1. The number of nitrogens with zero attached hydrogens (tertiary/aromatic N) is 1. The molecule has 0 aliphatic heterocycles. The van der Waals surface area contributed by atoms with Crippen LogP contribution < -0.4 is 5.73 Å². The van der Waals surface area contributed by atoms with E-state index >= 15 is 0 Å². The first kappa shape index (κ1) is 8.81. The molecule has 0 unspecified atom stereocenters. The van der Waals surface area contributed by atoms with Crippen molar-refractivity contribution in [2.24, 2.45) is 0 Å². The Morgan fingerprint density at radius 1 is 1.21 bits per heavy atom. The van der Waals surface area contributed by atoms with Crippen molar-refractivity contribution in [1.29, 1.82) is 0 Å². The van der Waals surface area contributed by atoms with Crippen molar-refractivity contribution in [3.63, 3.8) is 0 Å². The van der Waals surface area contributed by atoms with Gasteiger partial charge in [-0.15, -0.1) is 0 Å². The molecule has 0 atom stereocenters. The average Bonchev–Trinajstić information content (AvgIpc) is 2.49. The van der Waals surface area contributed by atoms with Crippen molar-refractivity contribution >= 4 is 5.69 Å². The number of rotatable bonds is 1. The van der Waals surface area contributed by atoms with E-state index in [9.17, 15) is 0 Å². The highest BCUT2D eigenvalue weighted by Gasteiger charge is 2.09. The lowest BCUT2D eigenvalue weighted by Crippen LogP contribution is -1.90. The fourth-order valence-electron chi connectivity index (χ4n) is 1.46. The summed E-state index contributed by atoms with van der Waals surface area (Å²) in [7, 11) is 0. The molecule has 3 nitrogen and oxygen atoms in total. The predicted octanol–water partition coefficient (Wildman–Crippen LogP) is 2.28. The molecule has 14 heavy (non-hydrogen) atoms. The van der Waals surface area contributed by atoms with Crippen molar-refractivity contribution in [3.05, 3.63) is 35.5 Å². The number of nitrogens with one attached hydrogen (secondary N) is 1. The molecule has 0 saturated heterocycles. The molecule has 1 aromatic heterocycles. The SMILES string of the molecule is Cc1[nH]nc(-c2ccccc2N)c1C. The summed E-state index contributed by atoms with van der Waals surface area (Å²) in [6.07, 6.45) is 0. The van der Waals surface area contributed by atoms with Crippen LogP contribution in [-0.2, 0) is 0 Å². The van der Waals surface area contributed by atoms with Gasteiger partial charge < -0.3 is 5.73 Å². The molecule has 2 rings (SSSR count).